The van der Waals surface area contributed by atoms with Crippen molar-refractivity contribution in [1.82, 2.24) is 5.32 Å². The molecule has 3 heteroatoms. The summed E-state index contributed by atoms with van der Waals surface area (Å²) in [5, 5.41) is 3.80. The largest absolute Gasteiger partial charge is 0.352 e. The molecule has 0 heterocycles. The van der Waals surface area contributed by atoms with Crippen molar-refractivity contribution >= 4 is 21.8 Å². The van der Waals surface area contributed by atoms with Crippen molar-refractivity contribution < 1.29 is 4.79 Å². The number of benzene rings is 1. The Morgan fingerprint density at radius 1 is 1.47 bits per heavy atom. The average molecular weight is 270 g/mol. The number of aryl methyl sites for hydroxylation is 1. The number of nitrogens with one attached hydrogen (secondary N) is 1. The number of halogens is 1. The van der Waals surface area contributed by atoms with E-state index in [4.69, 9.17) is 0 Å². The van der Waals surface area contributed by atoms with Gasteiger partial charge in [0, 0.05) is 17.4 Å². The van der Waals surface area contributed by atoms with E-state index in [1.54, 1.807) is 0 Å². The Labute approximate surface area is 99.2 Å². The van der Waals surface area contributed by atoms with Crippen molar-refractivity contribution in [3.05, 3.63) is 35.4 Å². The first-order chi connectivity index (χ1) is 7.27. The molecule has 0 unspecified atom stereocenters. The number of amides is 1. The van der Waals surface area contributed by atoms with E-state index in [-0.39, 0.29) is 5.91 Å². The predicted octanol–water partition coefficient (Wildman–Crippen LogP) is 2.76. The Hall–Kier alpha value is -0.830. The third kappa shape index (κ3) is 4.04. The first-order valence-corrected chi connectivity index (χ1v) is 6.33. The zero-order valence-electron chi connectivity index (χ0n) is 8.92. The maximum atomic E-state index is 11.6. The lowest BCUT2D eigenvalue weighted by Crippen LogP contribution is -2.22. The summed E-state index contributed by atoms with van der Waals surface area (Å²) >= 11 is 3.40. The molecule has 0 fully saturated rings. The molecule has 15 heavy (non-hydrogen) atoms. The highest BCUT2D eigenvalue weighted by atomic mass is 79.9. The summed E-state index contributed by atoms with van der Waals surface area (Å²) in [6.45, 7) is 2.59. The average Bonchev–Trinajstić information content (AvgIpc) is 2.27. The van der Waals surface area contributed by atoms with E-state index < -0.39 is 0 Å². The summed E-state index contributed by atoms with van der Waals surface area (Å²) in [5.41, 5.74) is 1.97. The second-order valence-corrected chi connectivity index (χ2v) is 4.15. The van der Waals surface area contributed by atoms with Gasteiger partial charge in [-0.1, -0.05) is 28.1 Å². The van der Waals surface area contributed by atoms with Gasteiger partial charge in [-0.3, -0.25) is 4.79 Å². The van der Waals surface area contributed by atoms with Crippen molar-refractivity contribution in [2.24, 2.45) is 0 Å². The van der Waals surface area contributed by atoms with E-state index in [2.05, 4.69) is 27.3 Å². The molecule has 82 valence electrons. The third-order valence-corrected chi connectivity index (χ3v) is 2.69. The van der Waals surface area contributed by atoms with Crippen LogP contribution in [0.4, 0.5) is 0 Å². The Kier molecular flexibility index (Phi) is 5.40. The lowest BCUT2D eigenvalue weighted by atomic mass is 10.1. The second-order valence-electron chi connectivity index (χ2n) is 3.35. The lowest BCUT2D eigenvalue weighted by Gasteiger charge is -2.04. The topological polar surface area (TPSA) is 29.1 Å². The van der Waals surface area contributed by atoms with Crippen LogP contribution in [0.15, 0.2) is 24.3 Å². The number of hydrogen-bond donors (Lipinski definition) is 1. The summed E-state index contributed by atoms with van der Waals surface area (Å²) in [7, 11) is 0. The second kappa shape index (κ2) is 6.62. The van der Waals surface area contributed by atoms with Crippen molar-refractivity contribution in [1.29, 1.82) is 0 Å². The van der Waals surface area contributed by atoms with Crippen molar-refractivity contribution in [2.45, 2.75) is 19.8 Å². The Morgan fingerprint density at radius 2 is 2.27 bits per heavy atom. The van der Waals surface area contributed by atoms with Gasteiger partial charge in [-0.15, -0.1) is 0 Å². The molecule has 0 aromatic heterocycles. The zero-order valence-corrected chi connectivity index (χ0v) is 10.5. The molecule has 0 saturated carbocycles. The van der Waals surface area contributed by atoms with E-state index >= 15 is 0 Å². The fourth-order valence-corrected chi connectivity index (χ4v) is 1.68. The van der Waals surface area contributed by atoms with Crippen LogP contribution >= 0.6 is 15.9 Å². The van der Waals surface area contributed by atoms with Crippen LogP contribution < -0.4 is 5.32 Å². The van der Waals surface area contributed by atoms with Crippen LogP contribution in [0.1, 0.15) is 29.3 Å². The molecule has 0 aliphatic carbocycles. The number of carbonyl (C=O) groups is 1. The highest BCUT2D eigenvalue weighted by Crippen LogP contribution is 2.08. The molecule has 1 rings (SSSR count). The standard InChI is InChI=1S/C12H16BrNO/c1-2-14-12(15)11-7-3-5-10(9-11)6-4-8-13/h3,5,7,9H,2,4,6,8H2,1H3,(H,14,15). The normalized spacial score (nSPS) is 10.0. The van der Waals surface area contributed by atoms with Crippen LogP contribution in [-0.2, 0) is 6.42 Å². The predicted molar refractivity (Wildman–Crippen MR) is 66.6 cm³/mol. The molecular weight excluding hydrogens is 254 g/mol. The van der Waals surface area contributed by atoms with Gasteiger partial charge in [0.2, 0.25) is 0 Å². The molecule has 0 bridgehead atoms. The van der Waals surface area contributed by atoms with Crippen LogP contribution in [0.25, 0.3) is 0 Å². The van der Waals surface area contributed by atoms with Crippen molar-refractivity contribution in [3.63, 3.8) is 0 Å². The minimum atomic E-state index is 0.0122. The maximum Gasteiger partial charge on any atom is 0.251 e. The summed E-state index contributed by atoms with van der Waals surface area (Å²) in [4.78, 5) is 11.6. The maximum absolute atomic E-state index is 11.6. The molecular formula is C12H16BrNO. The fraction of sp³-hybridized carbons (Fsp3) is 0.417. The Bertz CT molecular complexity index is 325. The van der Waals surface area contributed by atoms with Gasteiger partial charge in [-0.25, -0.2) is 0 Å². The van der Waals surface area contributed by atoms with Gasteiger partial charge in [-0.05, 0) is 37.5 Å². The minimum Gasteiger partial charge on any atom is -0.352 e. The molecule has 0 saturated heterocycles. The molecule has 0 aliphatic heterocycles. The number of rotatable bonds is 5. The van der Waals surface area contributed by atoms with Crippen LogP contribution in [-0.4, -0.2) is 17.8 Å². The van der Waals surface area contributed by atoms with Gasteiger partial charge in [0.1, 0.15) is 0 Å². The monoisotopic (exact) mass is 269 g/mol. The first kappa shape index (κ1) is 12.2. The first-order valence-electron chi connectivity index (χ1n) is 5.21. The van der Waals surface area contributed by atoms with Crippen LogP contribution in [0.3, 0.4) is 0 Å². The van der Waals surface area contributed by atoms with Gasteiger partial charge < -0.3 is 5.32 Å². The Balaban J connectivity index is 2.69. The summed E-state index contributed by atoms with van der Waals surface area (Å²) in [6.07, 6.45) is 2.11. The molecule has 1 aromatic rings. The fourth-order valence-electron chi connectivity index (χ4n) is 1.40. The minimum absolute atomic E-state index is 0.0122. The van der Waals surface area contributed by atoms with Gasteiger partial charge in [0.15, 0.2) is 0 Å². The Morgan fingerprint density at radius 3 is 2.93 bits per heavy atom. The molecule has 2 nitrogen and oxygen atoms in total. The van der Waals surface area contributed by atoms with Crippen LogP contribution in [0.5, 0.6) is 0 Å². The molecule has 0 aliphatic rings. The van der Waals surface area contributed by atoms with E-state index in [0.29, 0.717) is 6.54 Å². The number of hydrogen-bond acceptors (Lipinski definition) is 1. The van der Waals surface area contributed by atoms with Crippen LogP contribution in [0.2, 0.25) is 0 Å². The van der Waals surface area contributed by atoms with E-state index in [0.717, 1.165) is 23.7 Å². The van der Waals surface area contributed by atoms with E-state index in [1.165, 1.54) is 5.56 Å². The molecule has 0 radical (unpaired) electrons. The summed E-state index contributed by atoms with van der Waals surface area (Å²) < 4.78 is 0. The SMILES string of the molecule is CCNC(=O)c1cccc(CCCBr)c1. The summed E-state index contributed by atoms with van der Waals surface area (Å²) in [5.74, 6) is 0.0122. The zero-order chi connectivity index (χ0) is 11.1. The molecule has 1 amide bonds. The molecule has 0 atom stereocenters. The van der Waals surface area contributed by atoms with Gasteiger partial charge >= 0.3 is 0 Å². The summed E-state index contributed by atoms with van der Waals surface area (Å²) in [6, 6.07) is 7.82. The van der Waals surface area contributed by atoms with Crippen molar-refractivity contribution in [2.75, 3.05) is 11.9 Å². The third-order valence-electron chi connectivity index (χ3n) is 2.13. The number of carbonyl (C=O) groups excluding carboxylic acids is 1. The van der Waals surface area contributed by atoms with Crippen LogP contribution in [0, 0.1) is 0 Å². The number of alkyl halides is 1. The molecule has 0 spiro atoms. The molecule has 1 aromatic carbocycles. The smallest absolute Gasteiger partial charge is 0.251 e. The van der Waals surface area contributed by atoms with Gasteiger partial charge in [0.25, 0.3) is 5.91 Å². The lowest BCUT2D eigenvalue weighted by molar-refractivity contribution is 0.0955. The van der Waals surface area contributed by atoms with Gasteiger partial charge in [0.05, 0.1) is 0 Å². The van der Waals surface area contributed by atoms with Crippen molar-refractivity contribution in [3.8, 4) is 0 Å². The highest BCUT2D eigenvalue weighted by Gasteiger charge is 2.03. The quantitative estimate of drug-likeness (QED) is 0.819. The van der Waals surface area contributed by atoms with E-state index in [1.807, 2.05) is 25.1 Å². The van der Waals surface area contributed by atoms with E-state index in [9.17, 15) is 4.79 Å². The van der Waals surface area contributed by atoms with Gasteiger partial charge in [-0.2, -0.15) is 0 Å². The highest BCUT2D eigenvalue weighted by molar-refractivity contribution is 9.09. The molecule has 1 N–H and O–H groups in total.